The first kappa shape index (κ1) is 20.0. The van der Waals surface area contributed by atoms with Crippen molar-refractivity contribution in [2.45, 2.75) is 26.1 Å². The normalized spacial score (nSPS) is 11.8. The summed E-state index contributed by atoms with van der Waals surface area (Å²) < 4.78 is 76.8. The third-order valence-electron chi connectivity index (χ3n) is 3.05. The molecule has 2 rings (SSSR count). The van der Waals surface area contributed by atoms with Crippen LogP contribution in [-0.2, 0) is 6.18 Å². The first-order valence-electron chi connectivity index (χ1n) is 7.07. The molecule has 0 bridgehead atoms. The summed E-state index contributed by atoms with van der Waals surface area (Å²) in [6.07, 6.45) is -5.62. The molecule has 0 aliphatic heterocycles. The van der Waals surface area contributed by atoms with Crippen LogP contribution in [0.5, 0.6) is 11.8 Å². The average molecular weight is 399 g/mol. The highest BCUT2D eigenvalue weighted by Crippen LogP contribution is 2.33. The average Bonchev–Trinajstić information content (AvgIpc) is 2.51. The largest absolute Gasteiger partial charge is 0.489 e. The van der Waals surface area contributed by atoms with Crippen molar-refractivity contribution in [3.05, 3.63) is 44.8 Å². The zero-order valence-corrected chi connectivity index (χ0v) is 14.4. The Morgan fingerprint density at radius 3 is 2.35 bits per heavy atom. The molecule has 5 nitrogen and oxygen atoms in total. The Kier molecular flexibility index (Phi) is 5.45. The highest BCUT2D eigenvalue weighted by atomic mass is 35.5. The third kappa shape index (κ3) is 3.74. The van der Waals surface area contributed by atoms with Crippen molar-refractivity contribution < 1.29 is 31.4 Å². The molecule has 1 aromatic carbocycles. The van der Waals surface area contributed by atoms with Crippen molar-refractivity contribution in [3.8, 4) is 17.4 Å². The molecule has 11 heteroatoms. The Morgan fingerprint density at radius 1 is 1.23 bits per heavy atom. The lowest BCUT2D eigenvalue weighted by Gasteiger charge is -2.17. The van der Waals surface area contributed by atoms with Gasteiger partial charge in [-0.15, -0.1) is 0 Å². The molecule has 0 spiro atoms. The van der Waals surface area contributed by atoms with Gasteiger partial charge in [-0.3, -0.25) is 4.79 Å². The Labute approximate surface area is 148 Å². The number of hydrogen-bond donors (Lipinski definition) is 0. The number of rotatable bonds is 4. The van der Waals surface area contributed by atoms with Gasteiger partial charge in [-0.25, -0.2) is 8.96 Å². The lowest BCUT2D eigenvalue weighted by molar-refractivity contribution is -0.144. The molecular weight excluding hydrogens is 387 g/mol. The standard InChI is InChI=1S/C15H12ClF5N2O3/c1-6(2)26-10-5-9(8(17)4-7(10)16)23-13(24)11(18)12(15(19,20)21)22-14(23)25-3/h4-6H,1-3H3. The van der Waals surface area contributed by atoms with Gasteiger partial charge >= 0.3 is 12.2 Å². The number of benzene rings is 1. The van der Waals surface area contributed by atoms with Gasteiger partial charge in [-0.2, -0.15) is 22.5 Å². The number of methoxy groups -OCH3 is 1. The van der Waals surface area contributed by atoms with Crippen molar-refractivity contribution >= 4 is 11.6 Å². The molecule has 2 aromatic rings. The number of nitrogens with zero attached hydrogens (tertiary/aromatic N) is 2. The molecule has 0 radical (unpaired) electrons. The van der Waals surface area contributed by atoms with Crippen molar-refractivity contribution in [1.82, 2.24) is 9.55 Å². The number of hydrogen-bond acceptors (Lipinski definition) is 4. The molecule has 0 saturated carbocycles. The fourth-order valence-electron chi connectivity index (χ4n) is 2.05. The highest BCUT2D eigenvalue weighted by molar-refractivity contribution is 6.32. The second-order valence-electron chi connectivity index (χ2n) is 5.30. The van der Waals surface area contributed by atoms with Crippen LogP contribution in [0.25, 0.3) is 5.69 Å². The first-order valence-corrected chi connectivity index (χ1v) is 7.45. The lowest BCUT2D eigenvalue weighted by Crippen LogP contribution is -2.29. The molecule has 0 unspecified atom stereocenters. The molecule has 0 atom stereocenters. The maximum Gasteiger partial charge on any atom is 0.436 e. The van der Waals surface area contributed by atoms with E-state index in [1.807, 2.05) is 0 Å². The maximum absolute atomic E-state index is 14.3. The Morgan fingerprint density at radius 2 is 1.85 bits per heavy atom. The number of alkyl halides is 3. The summed E-state index contributed by atoms with van der Waals surface area (Å²) in [6, 6.07) is 0.756. The molecule has 0 fully saturated rings. The van der Waals surface area contributed by atoms with Gasteiger partial charge in [0.2, 0.25) is 5.82 Å². The minimum Gasteiger partial charge on any atom is -0.489 e. The summed E-state index contributed by atoms with van der Waals surface area (Å²) in [7, 11) is 0.898. The zero-order chi connectivity index (χ0) is 19.8. The van der Waals surface area contributed by atoms with Crippen LogP contribution >= 0.6 is 11.6 Å². The van der Waals surface area contributed by atoms with Crippen LogP contribution in [0.1, 0.15) is 19.5 Å². The van der Waals surface area contributed by atoms with Gasteiger partial charge in [-0.1, -0.05) is 11.6 Å². The lowest BCUT2D eigenvalue weighted by atomic mass is 10.2. The maximum atomic E-state index is 14.3. The van der Waals surface area contributed by atoms with Crippen LogP contribution in [-0.4, -0.2) is 22.8 Å². The SMILES string of the molecule is COc1nc(C(F)(F)F)c(F)c(=O)n1-c1cc(OC(C)C)c(Cl)cc1F. The van der Waals surface area contributed by atoms with Crippen LogP contribution in [0.15, 0.2) is 16.9 Å². The summed E-state index contributed by atoms with van der Waals surface area (Å²) >= 11 is 5.84. The molecule has 0 N–H and O–H groups in total. The summed E-state index contributed by atoms with van der Waals surface area (Å²) in [4.78, 5) is 15.1. The van der Waals surface area contributed by atoms with Crippen LogP contribution in [0, 0.1) is 11.6 Å². The number of ether oxygens (including phenoxy) is 2. The Hall–Kier alpha value is -2.36. The molecule has 0 saturated heterocycles. The van der Waals surface area contributed by atoms with Crippen LogP contribution in [0.4, 0.5) is 22.0 Å². The van der Waals surface area contributed by atoms with Crippen LogP contribution < -0.4 is 15.0 Å². The van der Waals surface area contributed by atoms with Gasteiger partial charge in [0.15, 0.2) is 5.69 Å². The van der Waals surface area contributed by atoms with E-state index in [1.54, 1.807) is 13.8 Å². The van der Waals surface area contributed by atoms with Crippen molar-refractivity contribution in [2.75, 3.05) is 7.11 Å². The molecule has 1 heterocycles. The van der Waals surface area contributed by atoms with Crippen LogP contribution in [0.3, 0.4) is 0 Å². The van der Waals surface area contributed by atoms with Gasteiger partial charge in [0.05, 0.1) is 23.9 Å². The van der Waals surface area contributed by atoms with Gasteiger partial charge in [-0.05, 0) is 19.9 Å². The molecule has 0 aliphatic carbocycles. The smallest absolute Gasteiger partial charge is 0.436 e. The summed E-state index contributed by atoms with van der Waals surface area (Å²) in [5.74, 6) is -3.38. The summed E-state index contributed by atoms with van der Waals surface area (Å²) in [6.45, 7) is 3.29. The van der Waals surface area contributed by atoms with E-state index in [0.29, 0.717) is 0 Å². The van der Waals surface area contributed by atoms with E-state index in [-0.39, 0.29) is 21.4 Å². The van der Waals surface area contributed by atoms with Gasteiger partial charge in [0, 0.05) is 6.07 Å². The van der Waals surface area contributed by atoms with Crippen molar-refractivity contribution in [1.29, 1.82) is 0 Å². The topological polar surface area (TPSA) is 53.3 Å². The third-order valence-corrected chi connectivity index (χ3v) is 3.35. The van der Waals surface area contributed by atoms with E-state index in [4.69, 9.17) is 16.3 Å². The van der Waals surface area contributed by atoms with Gasteiger partial charge in [0.25, 0.3) is 5.56 Å². The molecule has 26 heavy (non-hydrogen) atoms. The van der Waals surface area contributed by atoms with Crippen molar-refractivity contribution in [2.24, 2.45) is 0 Å². The second-order valence-corrected chi connectivity index (χ2v) is 5.71. The number of aromatic nitrogens is 2. The highest BCUT2D eigenvalue weighted by Gasteiger charge is 2.39. The molecule has 142 valence electrons. The second kappa shape index (κ2) is 7.10. The number of halogens is 6. The zero-order valence-electron chi connectivity index (χ0n) is 13.6. The minimum atomic E-state index is -5.24. The first-order chi connectivity index (χ1) is 12.0. The predicted molar refractivity (Wildman–Crippen MR) is 82.1 cm³/mol. The van der Waals surface area contributed by atoms with E-state index < -0.39 is 40.8 Å². The van der Waals surface area contributed by atoms with Gasteiger partial charge in [0.1, 0.15) is 11.6 Å². The quantitative estimate of drug-likeness (QED) is 0.731. The Bertz CT molecular complexity index is 896. The molecule has 0 amide bonds. The summed E-state index contributed by atoms with van der Waals surface area (Å²) in [5, 5.41) is -0.146. The van der Waals surface area contributed by atoms with E-state index in [1.165, 1.54) is 0 Å². The Balaban J connectivity index is 2.81. The van der Waals surface area contributed by atoms with E-state index in [0.717, 1.165) is 19.2 Å². The summed E-state index contributed by atoms with van der Waals surface area (Å²) in [5.41, 5.74) is -4.49. The van der Waals surface area contributed by atoms with E-state index in [2.05, 4.69) is 9.72 Å². The minimum absolute atomic E-state index is 0.0627. The fraction of sp³-hybridized carbons (Fsp3) is 0.333. The molecular formula is C15H12ClF5N2O3. The monoisotopic (exact) mass is 398 g/mol. The molecule has 1 aromatic heterocycles. The predicted octanol–water partition coefficient (Wildman–Crippen LogP) is 3.98. The fourth-order valence-corrected chi connectivity index (χ4v) is 2.25. The van der Waals surface area contributed by atoms with Gasteiger partial charge < -0.3 is 9.47 Å². The van der Waals surface area contributed by atoms with Crippen molar-refractivity contribution in [3.63, 3.8) is 0 Å². The van der Waals surface area contributed by atoms with E-state index >= 15 is 0 Å². The molecule has 0 aliphatic rings. The van der Waals surface area contributed by atoms with Crippen LogP contribution in [0.2, 0.25) is 5.02 Å². The van der Waals surface area contributed by atoms with E-state index in [9.17, 15) is 26.7 Å².